The molecule has 0 aliphatic heterocycles. The summed E-state index contributed by atoms with van der Waals surface area (Å²) >= 11 is 8.87. The van der Waals surface area contributed by atoms with Crippen molar-refractivity contribution in [1.82, 2.24) is 9.97 Å². The minimum absolute atomic E-state index is 0.240. The van der Waals surface area contributed by atoms with Crippen molar-refractivity contribution in [3.63, 3.8) is 0 Å². The molecule has 0 aromatic carbocycles. The maximum absolute atomic E-state index is 11.8. The Kier molecular flexibility index (Phi) is 3.71. The Morgan fingerprint density at radius 3 is 2.82 bits per heavy atom. The summed E-state index contributed by atoms with van der Waals surface area (Å²) in [6, 6.07) is 6.28. The van der Waals surface area contributed by atoms with Crippen molar-refractivity contribution in [1.29, 1.82) is 0 Å². The molecule has 0 atom stereocenters. The van der Waals surface area contributed by atoms with Crippen LogP contribution in [-0.4, -0.2) is 15.9 Å². The molecule has 2 aromatic rings. The third-order valence-electron chi connectivity index (χ3n) is 1.89. The van der Waals surface area contributed by atoms with E-state index in [1.54, 1.807) is 18.3 Å². The molecule has 0 aliphatic rings. The number of ether oxygens (including phenoxy) is 1. The average molecular weight is 314 g/mol. The van der Waals surface area contributed by atoms with E-state index in [9.17, 15) is 4.79 Å². The van der Waals surface area contributed by atoms with Gasteiger partial charge in [0.25, 0.3) is 0 Å². The average Bonchev–Trinajstić information content (AvgIpc) is 2.32. The molecule has 0 fully saturated rings. The summed E-state index contributed by atoms with van der Waals surface area (Å²) < 4.78 is 5.62. The highest BCUT2D eigenvalue weighted by Gasteiger charge is 2.11. The van der Waals surface area contributed by atoms with Gasteiger partial charge in [-0.05, 0) is 40.2 Å². The Bertz CT molecular complexity index is 563. The number of aromatic nitrogens is 2. The molecule has 2 aromatic heterocycles. The molecule has 6 heteroatoms. The molecule has 86 valence electrons. The second kappa shape index (κ2) is 5.25. The molecule has 0 saturated heterocycles. The first-order valence-electron chi connectivity index (χ1n) is 4.61. The standard InChI is InChI=1S/C11H6BrClN2O2/c12-10-8(2-1-4-15-10)17-11(16)7-3-5-14-9(13)6-7/h1-6H. The molecular formula is C11H6BrClN2O2. The number of hydrogen-bond donors (Lipinski definition) is 0. The molecule has 0 unspecified atom stereocenters. The van der Waals surface area contributed by atoms with Crippen LogP contribution >= 0.6 is 27.5 Å². The first kappa shape index (κ1) is 12.0. The van der Waals surface area contributed by atoms with Crippen LogP contribution in [0.25, 0.3) is 0 Å². The Balaban J connectivity index is 2.20. The first-order chi connectivity index (χ1) is 8.16. The van der Waals surface area contributed by atoms with Crippen molar-refractivity contribution >= 4 is 33.5 Å². The minimum atomic E-state index is -0.511. The molecule has 0 aliphatic carbocycles. The number of rotatable bonds is 2. The number of esters is 1. The number of carbonyl (C=O) groups excluding carboxylic acids is 1. The Morgan fingerprint density at radius 1 is 1.29 bits per heavy atom. The van der Waals surface area contributed by atoms with E-state index in [1.807, 2.05) is 0 Å². The second-order valence-corrected chi connectivity index (χ2v) is 4.19. The zero-order valence-electron chi connectivity index (χ0n) is 8.43. The molecule has 2 rings (SSSR count). The van der Waals surface area contributed by atoms with Gasteiger partial charge in [-0.15, -0.1) is 0 Å². The van der Waals surface area contributed by atoms with Crippen molar-refractivity contribution in [2.24, 2.45) is 0 Å². The fourth-order valence-electron chi connectivity index (χ4n) is 1.14. The summed E-state index contributed by atoms with van der Waals surface area (Å²) in [4.78, 5) is 19.5. The van der Waals surface area contributed by atoms with E-state index in [0.29, 0.717) is 15.9 Å². The minimum Gasteiger partial charge on any atom is -0.420 e. The van der Waals surface area contributed by atoms with Gasteiger partial charge in [0.2, 0.25) is 0 Å². The van der Waals surface area contributed by atoms with Crippen LogP contribution in [0.1, 0.15) is 10.4 Å². The van der Waals surface area contributed by atoms with Crippen molar-refractivity contribution in [3.8, 4) is 5.75 Å². The van der Waals surface area contributed by atoms with E-state index in [2.05, 4.69) is 25.9 Å². The summed E-state index contributed by atoms with van der Waals surface area (Å²) in [6.07, 6.45) is 3.03. The third-order valence-corrected chi connectivity index (χ3v) is 2.69. The lowest BCUT2D eigenvalue weighted by Crippen LogP contribution is -2.09. The highest BCUT2D eigenvalue weighted by molar-refractivity contribution is 9.10. The monoisotopic (exact) mass is 312 g/mol. The normalized spacial score (nSPS) is 10.0. The number of carbonyl (C=O) groups is 1. The molecule has 0 saturated carbocycles. The molecule has 17 heavy (non-hydrogen) atoms. The van der Waals surface area contributed by atoms with Crippen molar-refractivity contribution in [3.05, 3.63) is 52.0 Å². The molecule has 2 heterocycles. The van der Waals surface area contributed by atoms with Gasteiger partial charge >= 0.3 is 5.97 Å². The fraction of sp³-hybridized carbons (Fsp3) is 0. The number of hydrogen-bond acceptors (Lipinski definition) is 4. The van der Waals surface area contributed by atoms with Crippen LogP contribution in [0.5, 0.6) is 5.75 Å². The van der Waals surface area contributed by atoms with Gasteiger partial charge in [0.1, 0.15) is 9.76 Å². The number of nitrogens with zero attached hydrogens (tertiary/aromatic N) is 2. The van der Waals surface area contributed by atoms with Gasteiger partial charge in [0.05, 0.1) is 5.56 Å². The zero-order chi connectivity index (χ0) is 12.3. The van der Waals surface area contributed by atoms with E-state index in [1.165, 1.54) is 18.3 Å². The van der Waals surface area contributed by atoms with Crippen molar-refractivity contribution in [2.45, 2.75) is 0 Å². The van der Waals surface area contributed by atoms with Crippen LogP contribution in [-0.2, 0) is 0 Å². The summed E-state index contributed by atoms with van der Waals surface area (Å²) in [5.74, 6) is -0.159. The van der Waals surface area contributed by atoms with Gasteiger partial charge in [0.15, 0.2) is 5.75 Å². The van der Waals surface area contributed by atoms with E-state index >= 15 is 0 Å². The Labute approximate surface area is 111 Å². The second-order valence-electron chi connectivity index (χ2n) is 3.05. The smallest absolute Gasteiger partial charge is 0.343 e. The lowest BCUT2D eigenvalue weighted by atomic mass is 10.3. The molecule has 0 radical (unpaired) electrons. The van der Waals surface area contributed by atoms with E-state index < -0.39 is 5.97 Å². The lowest BCUT2D eigenvalue weighted by Gasteiger charge is -2.05. The van der Waals surface area contributed by atoms with E-state index in [-0.39, 0.29) is 5.15 Å². The van der Waals surface area contributed by atoms with Gasteiger partial charge < -0.3 is 4.74 Å². The zero-order valence-corrected chi connectivity index (χ0v) is 10.8. The quantitative estimate of drug-likeness (QED) is 0.631. The highest BCUT2D eigenvalue weighted by Crippen LogP contribution is 2.22. The summed E-state index contributed by atoms with van der Waals surface area (Å²) in [5.41, 5.74) is 0.334. The van der Waals surface area contributed by atoms with Crippen LogP contribution < -0.4 is 4.74 Å². The third kappa shape index (κ3) is 3.01. The largest absolute Gasteiger partial charge is 0.420 e. The van der Waals surface area contributed by atoms with Crippen LogP contribution in [0.15, 0.2) is 41.3 Å². The SMILES string of the molecule is O=C(Oc1cccnc1Br)c1ccnc(Cl)c1. The van der Waals surface area contributed by atoms with Gasteiger partial charge in [-0.25, -0.2) is 14.8 Å². The van der Waals surface area contributed by atoms with Crippen LogP contribution in [0.4, 0.5) is 0 Å². The van der Waals surface area contributed by atoms with Gasteiger partial charge in [-0.3, -0.25) is 0 Å². The molecule has 0 bridgehead atoms. The predicted octanol–water partition coefficient (Wildman–Crippen LogP) is 3.11. The number of halogens is 2. The maximum Gasteiger partial charge on any atom is 0.343 e. The van der Waals surface area contributed by atoms with Crippen molar-refractivity contribution < 1.29 is 9.53 Å². The topological polar surface area (TPSA) is 52.1 Å². The summed E-state index contributed by atoms with van der Waals surface area (Å²) in [7, 11) is 0. The van der Waals surface area contributed by atoms with Crippen LogP contribution in [0.2, 0.25) is 5.15 Å². The lowest BCUT2D eigenvalue weighted by molar-refractivity contribution is 0.0732. The summed E-state index contributed by atoms with van der Waals surface area (Å²) in [6.45, 7) is 0. The molecular weight excluding hydrogens is 307 g/mol. The number of pyridine rings is 2. The van der Waals surface area contributed by atoms with Crippen LogP contribution in [0, 0.1) is 0 Å². The van der Waals surface area contributed by atoms with Crippen molar-refractivity contribution in [2.75, 3.05) is 0 Å². The maximum atomic E-state index is 11.8. The molecule has 0 spiro atoms. The summed E-state index contributed by atoms with van der Waals surface area (Å²) in [5, 5.41) is 0.240. The van der Waals surface area contributed by atoms with Gasteiger partial charge in [-0.1, -0.05) is 11.6 Å². The first-order valence-corrected chi connectivity index (χ1v) is 5.78. The molecule has 0 N–H and O–H groups in total. The van der Waals surface area contributed by atoms with E-state index in [0.717, 1.165) is 0 Å². The molecule has 0 amide bonds. The fourth-order valence-corrected chi connectivity index (χ4v) is 1.64. The highest BCUT2D eigenvalue weighted by atomic mass is 79.9. The van der Waals surface area contributed by atoms with Gasteiger partial charge in [0, 0.05) is 12.4 Å². The van der Waals surface area contributed by atoms with E-state index in [4.69, 9.17) is 16.3 Å². The Hall–Kier alpha value is -1.46. The van der Waals surface area contributed by atoms with Gasteiger partial charge in [-0.2, -0.15) is 0 Å². The van der Waals surface area contributed by atoms with Crippen LogP contribution in [0.3, 0.4) is 0 Å². The predicted molar refractivity (Wildman–Crippen MR) is 66.1 cm³/mol. The Morgan fingerprint density at radius 2 is 2.12 bits per heavy atom. The molecule has 4 nitrogen and oxygen atoms in total.